The molecule has 1 aromatic carbocycles. The minimum atomic E-state index is -1.49. The lowest BCUT2D eigenvalue weighted by Crippen LogP contribution is -2.39. The van der Waals surface area contributed by atoms with Crippen LogP contribution in [-0.2, 0) is 11.3 Å². The van der Waals surface area contributed by atoms with Gasteiger partial charge in [-0.25, -0.2) is 0 Å². The van der Waals surface area contributed by atoms with Crippen LogP contribution >= 0.6 is 0 Å². The summed E-state index contributed by atoms with van der Waals surface area (Å²) < 4.78 is 5.18. The quantitative estimate of drug-likeness (QED) is 0.713. The van der Waals surface area contributed by atoms with Gasteiger partial charge in [0.25, 0.3) is 0 Å². The lowest BCUT2D eigenvalue weighted by atomic mass is 10.2. The maximum atomic E-state index is 9.58. The normalized spacial score (nSPS) is 17.4. The van der Waals surface area contributed by atoms with E-state index < -0.39 is 11.9 Å². The smallest absolute Gasteiger partial charge is 0.189 e. The zero-order valence-corrected chi connectivity index (χ0v) is 8.47. The molecule has 0 amide bonds. The SMILES string of the molecule is CC(O)C(C)(O)OCc1ccccc1. The van der Waals surface area contributed by atoms with Gasteiger partial charge in [0.2, 0.25) is 0 Å². The van der Waals surface area contributed by atoms with Gasteiger partial charge in [-0.05, 0) is 19.4 Å². The topological polar surface area (TPSA) is 49.7 Å². The highest BCUT2D eigenvalue weighted by molar-refractivity contribution is 5.13. The minimum Gasteiger partial charge on any atom is -0.388 e. The molecule has 0 saturated carbocycles. The number of rotatable bonds is 4. The van der Waals surface area contributed by atoms with Gasteiger partial charge in [0.15, 0.2) is 5.79 Å². The van der Waals surface area contributed by atoms with E-state index in [1.54, 1.807) is 0 Å². The molecule has 0 saturated heterocycles. The lowest BCUT2D eigenvalue weighted by Gasteiger charge is -2.26. The first kappa shape index (κ1) is 11.2. The summed E-state index contributed by atoms with van der Waals surface area (Å²) >= 11 is 0. The molecule has 0 aliphatic carbocycles. The second kappa shape index (κ2) is 4.55. The molecule has 14 heavy (non-hydrogen) atoms. The molecule has 0 aromatic heterocycles. The van der Waals surface area contributed by atoms with E-state index in [0.29, 0.717) is 6.61 Å². The summed E-state index contributed by atoms with van der Waals surface area (Å²) in [6, 6.07) is 9.51. The van der Waals surface area contributed by atoms with Gasteiger partial charge >= 0.3 is 0 Å². The van der Waals surface area contributed by atoms with Crippen molar-refractivity contribution in [1.29, 1.82) is 0 Å². The molecule has 78 valence electrons. The van der Waals surface area contributed by atoms with E-state index in [1.165, 1.54) is 13.8 Å². The zero-order chi connectivity index (χ0) is 10.6. The van der Waals surface area contributed by atoms with Crippen molar-refractivity contribution in [2.45, 2.75) is 32.3 Å². The number of aliphatic hydroxyl groups excluding tert-OH is 1. The number of hydrogen-bond acceptors (Lipinski definition) is 3. The van der Waals surface area contributed by atoms with Crippen molar-refractivity contribution < 1.29 is 14.9 Å². The van der Waals surface area contributed by atoms with Gasteiger partial charge in [-0.1, -0.05) is 30.3 Å². The Kier molecular flexibility index (Phi) is 3.63. The Morgan fingerprint density at radius 1 is 1.36 bits per heavy atom. The van der Waals surface area contributed by atoms with Gasteiger partial charge in [0.05, 0.1) is 6.61 Å². The second-order valence-electron chi connectivity index (χ2n) is 3.50. The largest absolute Gasteiger partial charge is 0.388 e. The predicted octanol–water partition coefficient (Wildman–Crippen LogP) is 1.29. The maximum absolute atomic E-state index is 9.58. The molecule has 3 nitrogen and oxygen atoms in total. The summed E-state index contributed by atoms with van der Waals surface area (Å²) in [4.78, 5) is 0. The van der Waals surface area contributed by atoms with E-state index in [4.69, 9.17) is 4.74 Å². The van der Waals surface area contributed by atoms with Crippen LogP contribution in [0.4, 0.5) is 0 Å². The molecule has 0 radical (unpaired) electrons. The van der Waals surface area contributed by atoms with Gasteiger partial charge in [-0.2, -0.15) is 0 Å². The number of benzene rings is 1. The zero-order valence-electron chi connectivity index (χ0n) is 8.47. The van der Waals surface area contributed by atoms with E-state index in [0.717, 1.165) is 5.56 Å². The van der Waals surface area contributed by atoms with Crippen molar-refractivity contribution in [3.05, 3.63) is 35.9 Å². The fraction of sp³-hybridized carbons (Fsp3) is 0.455. The van der Waals surface area contributed by atoms with Crippen molar-refractivity contribution in [1.82, 2.24) is 0 Å². The molecule has 1 rings (SSSR count). The predicted molar refractivity (Wildman–Crippen MR) is 53.5 cm³/mol. The molecule has 0 heterocycles. The molecule has 2 atom stereocenters. The van der Waals surface area contributed by atoms with Crippen LogP contribution in [0.15, 0.2) is 30.3 Å². The Bertz CT molecular complexity index is 267. The molecule has 0 fully saturated rings. The van der Waals surface area contributed by atoms with Gasteiger partial charge in [0.1, 0.15) is 6.10 Å². The first-order valence-electron chi connectivity index (χ1n) is 4.60. The number of aliphatic hydroxyl groups is 2. The molecule has 1 aromatic rings. The third-order valence-electron chi connectivity index (χ3n) is 2.15. The molecule has 3 heteroatoms. The summed E-state index contributed by atoms with van der Waals surface area (Å²) in [7, 11) is 0. The fourth-order valence-electron chi connectivity index (χ4n) is 0.924. The molecular formula is C11H16O3. The summed E-state index contributed by atoms with van der Waals surface area (Å²) in [5.74, 6) is -1.49. The van der Waals surface area contributed by atoms with Crippen molar-refractivity contribution >= 4 is 0 Å². The molecule has 2 unspecified atom stereocenters. The van der Waals surface area contributed by atoms with Crippen LogP contribution in [0.25, 0.3) is 0 Å². The van der Waals surface area contributed by atoms with Gasteiger partial charge in [0, 0.05) is 0 Å². The van der Waals surface area contributed by atoms with Crippen LogP contribution in [0.2, 0.25) is 0 Å². The minimum absolute atomic E-state index is 0.290. The molecule has 0 spiro atoms. The van der Waals surface area contributed by atoms with Crippen molar-refractivity contribution in [3.63, 3.8) is 0 Å². The summed E-state index contributed by atoms with van der Waals surface area (Å²) in [5.41, 5.74) is 0.966. The van der Waals surface area contributed by atoms with Crippen LogP contribution < -0.4 is 0 Å². The summed E-state index contributed by atoms with van der Waals surface area (Å²) in [6.45, 7) is 3.23. The first-order valence-corrected chi connectivity index (χ1v) is 4.60. The van der Waals surface area contributed by atoms with Crippen LogP contribution in [0.1, 0.15) is 19.4 Å². The third-order valence-corrected chi connectivity index (χ3v) is 2.15. The molecule has 0 bridgehead atoms. The van der Waals surface area contributed by atoms with Crippen LogP contribution in [0.5, 0.6) is 0 Å². The lowest BCUT2D eigenvalue weighted by molar-refractivity contribution is -0.246. The standard InChI is InChI=1S/C11H16O3/c1-9(12)11(2,13)14-8-10-6-4-3-5-7-10/h3-7,9,12-13H,8H2,1-2H3. The first-order chi connectivity index (χ1) is 6.52. The van der Waals surface area contributed by atoms with E-state index in [-0.39, 0.29) is 0 Å². The monoisotopic (exact) mass is 196 g/mol. The highest BCUT2D eigenvalue weighted by atomic mass is 16.6. The molecule has 0 aliphatic heterocycles. The number of hydrogen-bond donors (Lipinski definition) is 2. The van der Waals surface area contributed by atoms with E-state index in [9.17, 15) is 10.2 Å². The molecule has 0 aliphatic rings. The summed E-state index contributed by atoms with van der Waals surface area (Å²) in [6.07, 6.45) is -0.911. The van der Waals surface area contributed by atoms with Gasteiger partial charge < -0.3 is 14.9 Å². The van der Waals surface area contributed by atoms with Gasteiger partial charge in [-0.15, -0.1) is 0 Å². The van der Waals surface area contributed by atoms with Crippen LogP contribution in [0.3, 0.4) is 0 Å². The number of ether oxygens (including phenoxy) is 1. The third kappa shape index (κ3) is 3.10. The second-order valence-corrected chi connectivity index (χ2v) is 3.50. The fourth-order valence-corrected chi connectivity index (χ4v) is 0.924. The Morgan fingerprint density at radius 2 is 1.93 bits per heavy atom. The van der Waals surface area contributed by atoms with E-state index in [1.807, 2.05) is 30.3 Å². The molecule has 2 N–H and O–H groups in total. The average molecular weight is 196 g/mol. The highest BCUT2D eigenvalue weighted by Gasteiger charge is 2.27. The Morgan fingerprint density at radius 3 is 2.43 bits per heavy atom. The highest BCUT2D eigenvalue weighted by Crippen LogP contribution is 2.14. The van der Waals surface area contributed by atoms with Gasteiger partial charge in [-0.3, -0.25) is 0 Å². The van der Waals surface area contributed by atoms with E-state index in [2.05, 4.69) is 0 Å². The maximum Gasteiger partial charge on any atom is 0.189 e. The van der Waals surface area contributed by atoms with E-state index >= 15 is 0 Å². The average Bonchev–Trinajstić information content (AvgIpc) is 2.16. The van der Waals surface area contributed by atoms with Crippen molar-refractivity contribution in [2.24, 2.45) is 0 Å². The summed E-state index contributed by atoms with van der Waals surface area (Å²) in [5, 5.41) is 18.8. The van der Waals surface area contributed by atoms with Crippen molar-refractivity contribution in [2.75, 3.05) is 0 Å². The van der Waals surface area contributed by atoms with Crippen LogP contribution in [-0.4, -0.2) is 22.1 Å². The molecular weight excluding hydrogens is 180 g/mol. The van der Waals surface area contributed by atoms with Crippen molar-refractivity contribution in [3.8, 4) is 0 Å². The Hall–Kier alpha value is -0.900. The Labute approximate surface area is 84.0 Å². The Balaban J connectivity index is 2.49. The van der Waals surface area contributed by atoms with Crippen LogP contribution in [0, 0.1) is 0 Å².